The molecule has 5 rings (SSSR count). The second-order valence-corrected chi connectivity index (χ2v) is 7.97. The van der Waals surface area contributed by atoms with E-state index in [1.165, 1.54) is 4.90 Å². The van der Waals surface area contributed by atoms with Crippen LogP contribution in [0.4, 0.5) is 10.5 Å². The lowest BCUT2D eigenvalue weighted by Gasteiger charge is -2.36. The Morgan fingerprint density at radius 3 is 2.45 bits per heavy atom. The molecule has 0 N–H and O–H groups in total. The first-order valence-corrected chi connectivity index (χ1v) is 10.5. The number of pyridine rings is 1. The molecule has 3 aromatic rings. The van der Waals surface area contributed by atoms with Crippen LogP contribution in [0, 0.1) is 6.92 Å². The predicted octanol–water partition coefficient (Wildman–Crippen LogP) is 2.72. The molecule has 158 valence electrons. The van der Waals surface area contributed by atoms with Gasteiger partial charge in [-0.25, -0.2) is 14.7 Å². The standard InChI is InChI=1S/C23H23N5O3/c1-16-21(26-12-6-5-9-19(26)24-16)22(30)25-13-10-17(11-14-25)27-15-20(29)28(23(27)31)18-7-3-2-4-8-18/h2-9,12,17H,10-11,13-15H2,1H3. The van der Waals surface area contributed by atoms with Gasteiger partial charge in [-0.1, -0.05) is 24.3 Å². The minimum atomic E-state index is -0.279. The zero-order chi connectivity index (χ0) is 21.5. The van der Waals surface area contributed by atoms with Gasteiger partial charge in [-0.15, -0.1) is 0 Å². The summed E-state index contributed by atoms with van der Waals surface area (Å²) >= 11 is 0. The first-order valence-electron chi connectivity index (χ1n) is 10.5. The van der Waals surface area contributed by atoms with Crippen LogP contribution >= 0.6 is 0 Å². The van der Waals surface area contributed by atoms with Gasteiger partial charge < -0.3 is 9.80 Å². The molecule has 2 aromatic heterocycles. The number of rotatable bonds is 3. The lowest BCUT2D eigenvalue weighted by atomic mass is 10.0. The smallest absolute Gasteiger partial charge is 0.332 e. The van der Waals surface area contributed by atoms with Gasteiger partial charge in [0.25, 0.3) is 11.8 Å². The summed E-state index contributed by atoms with van der Waals surface area (Å²) in [5.74, 6) is -0.263. The van der Waals surface area contributed by atoms with Crippen molar-refractivity contribution in [2.45, 2.75) is 25.8 Å². The summed E-state index contributed by atoms with van der Waals surface area (Å²) in [6, 6.07) is 14.3. The van der Waals surface area contributed by atoms with Gasteiger partial charge in [0.05, 0.1) is 11.4 Å². The maximum Gasteiger partial charge on any atom is 0.332 e. The predicted molar refractivity (Wildman–Crippen MR) is 115 cm³/mol. The average molecular weight is 417 g/mol. The molecular formula is C23H23N5O3. The van der Waals surface area contributed by atoms with E-state index in [0.717, 1.165) is 5.65 Å². The van der Waals surface area contributed by atoms with E-state index in [1.54, 1.807) is 17.0 Å². The number of amides is 4. The van der Waals surface area contributed by atoms with E-state index in [-0.39, 0.29) is 30.4 Å². The second kappa shape index (κ2) is 7.54. The van der Waals surface area contributed by atoms with E-state index in [1.807, 2.05) is 58.8 Å². The molecule has 0 bridgehead atoms. The van der Waals surface area contributed by atoms with Crippen molar-refractivity contribution < 1.29 is 14.4 Å². The number of piperidine rings is 1. The number of hydrogen-bond acceptors (Lipinski definition) is 4. The number of nitrogens with zero attached hydrogens (tertiary/aromatic N) is 5. The molecule has 0 radical (unpaired) electrons. The summed E-state index contributed by atoms with van der Waals surface area (Å²) in [6.07, 6.45) is 3.13. The number of likely N-dealkylation sites (tertiary alicyclic amines) is 1. The number of imide groups is 1. The van der Waals surface area contributed by atoms with Crippen LogP contribution in [0.15, 0.2) is 54.7 Å². The fourth-order valence-electron chi connectivity index (χ4n) is 4.54. The number of carbonyl (C=O) groups excluding carboxylic acids is 3. The Hall–Kier alpha value is -3.68. The second-order valence-electron chi connectivity index (χ2n) is 7.97. The number of benzene rings is 1. The van der Waals surface area contributed by atoms with Gasteiger partial charge in [-0.3, -0.25) is 14.0 Å². The van der Waals surface area contributed by atoms with Crippen molar-refractivity contribution in [3.63, 3.8) is 0 Å². The molecule has 0 saturated carbocycles. The largest absolute Gasteiger partial charge is 0.337 e. The Balaban J connectivity index is 1.28. The van der Waals surface area contributed by atoms with Crippen molar-refractivity contribution in [1.82, 2.24) is 19.2 Å². The topological polar surface area (TPSA) is 78.2 Å². The van der Waals surface area contributed by atoms with E-state index >= 15 is 0 Å². The maximum absolute atomic E-state index is 13.2. The summed E-state index contributed by atoms with van der Waals surface area (Å²) in [4.78, 5) is 47.9. The molecule has 8 nitrogen and oxygen atoms in total. The van der Waals surface area contributed by atoms with Crippen molar-refractivity contribution in [3.05, 3.63) is 66.1 Å². The van der Waals surface area contributed by atoms with E-state index in [9.17, 15) is 14.4 Å². The molecule has 4 heterocycles. The number of fused-ring (bicyclic) bond motifs is 1. The van der Waals surface area contributed by atoms with Crippen LogP contribution in [0.1, 0.15) is 29.0 Å². The summed E-state index contributed by atoms with van der Waals surface area (Å²) in [5, 5.41) is 0. The molecule has 2 saturated heterocycles. The third kappa shape index (κ3) is 3.24. The molecule has 0 aliphatic carbocycles. The fourth-order valence-corrected chi connectivity index (χ4v) is 4.54. The highest BCUT2D eigenvalue weighted by atomic mass is 16.2. The quantitative estimate of drug-likeness (QED) is 0.614. The van der Waals surface area contributed by atoms with Gasteiger partial charge in [0.1, 0.15) is 17.9 Å². The van der Waals surface area contributed by atoms with Crippen LogP contribution in [0.3, 0.4) is 0 Å². The minimum Gasteiger partial charge on any atom is -0.337 e. The SMILES string of the molecule is Cc1nc2ccccn2c1C(=O)N1CCC(N2CC(=O)N(c3ccccc3)C2=O)CC1. The molecule has 2 aliphatic rings. The molecule has 31 heavy (non-hydrogen) atoms. The van der Waals surface area contributed by atoms with E-state index in [2.05, 4.69) is 4.98 Å². The lowest BCUT2D eigenvalue weighted by Crippen LogP contribution is -2.48. The maximum atomic E-state index is 13.2. The number of anilines is 1. The number of urea groups is 1. The van der Waals surface area contributed by atoms with Crippen LogP contribution in [0.2, 0.25) is 0 Å². The molecular weight excluding hydrogens is 394 g/mol. The molecule has 8 heteroatoms. The first-order chi connectivity index (χ1) is 15.0. The zero-order valence-corrected chi connectivity index (χ0v) is 17.3. The first kappa shape index (κ1) is 19.3. The van der Waals surface area contributed by atoms with E-state index in [4.69, 9.17) is 0 Å². The average Bonchev–Trinajstić information content (AvgIpc) is 3.28. The number of imidazole rings is 1. The Bertz CT molecular complexity index is 1160. The van der Waals surface area contributed by atoms with Crippen molar-refractivity contribution in [3.8, 4) is 0 Å². The van der Waals surface area contributed by atoms with Crippen LogP contribution in [-0.4, -0.2) is 62.7 Å². The van der Waals surface area contributed by atoms with Crippen molar-refractivity contribution in [1.29, 1.82) is 0 Å². The van der Waals surface area contributed by atoms with Gasteiger partial charge in [-0.05, 0) is 44.0 Å². The highest BCUT2D eigenvalue weighted by molar-refractivity contribution is 6.19. The van der Waals surface area contributed by atoms with Crippen molar-refractivity contribution >= 4 is 29.2 Å². The van der Waals surface area contributed by atoms with Gasteiger partial charge in [0, 0.05) is 25.3 Å². The van der Waals surface area contributed by atoms with Crippen LogP contribution < -0.4 is 4.90 Å². The highest BCUT2D eigenvalue weighted by Crippen LogP contribution is 2.27. The van der Waals surface area contributed by atoms with Gasteiger partial charge >= 0.3 is 6.03 Å². The van der Waals surface area contributed by atoms with E-state index < -0.39 is 0 Å². The Kier molecular flexibility index (Phi) is 4.69. The number of para-hydroxylation sites is 1. The molecule has 0 atom stereocenters. The summed E-state index contributed by atoms with van der Waals surface area (Å²) in [5.41, 5.74) is 2.63. The third-order valence-electron chi connectivity index (χ3n) is 6.11. The van der Waals surface area contributed by atoms with Crippen molar-refractivity contribution in [2.75, 3.05) is 24.5 Å². The monoisotopic (exact) mass is 417 g/mol. The number of aryl methyl sites for hydroxylation is 1. The van der Waals surface area contributed by atoms with Crippen LogP contribution in [0.25, 0.3) is 5.65 Å². The zero-order valence-electron chi connectivity index (χ0n) is 17.3. The number of carbonyl (C=O) groups is 3. The normalized spacial score (nSPS) is 17.8. The fraction of sp³-hybridized carbons (Fsp3) is 0.304. The van der Waals surface area contributed by atoms with Crippen LogP contribution in [0.5, 0.6) is 0 Å². The van der Waals surface area contributed by atoms with Gasteiger partial charge in [0.15, 0.2) is 0 Å². The highest BCUT2D eigenvalue weighted by Gasteiger charge is 2.42. The molecule has 1 aromatic carbocycles. The molecule has 2 fully saturated rings. The van der Waals surface area contributed by atoms with Gasteiger partial charge in [0.2, 0.25) is 0 Å². The molecule has 0 unspecified atom stereocenters. The summed E-state index contributed by atoms with van der Waals surface area (Å²) in [7, 11) is 0. The van der Waals surface area contributed by atoms with Crippen LogP contribution in [-0.2, 0) is 4.79 Å². The third-order valence-corrected chi connectivity index (χ3v) is 6.11. The Morgan fingerprint density at radius 2 is 1.71 bits per heavy atom. The number of hydrogen-bond donors (Lipinski definition) is 0. The Morgan fingerprint density at radius 1 is 1.00 bits per heavy atom. The van der Waals surface area contributed by atoms with Crippen molar-refractivity contribution in [2.24, 2.45) is 0 Å². The van der Waals surface area contributed by atoms with E-state index in [0.29, 0.717) is 43.0 Å². The number of aromatic nitrogens is 2. The summed E-state index contributed by atoms with van der Waals surface area (Å²) in [6.45, 7) is 3.00. The van der Waals surface area contributed by atoms with Gasteiger partial charge in [-0.2, -0.15) is 0 Å². The molecule has 4 amide bonds. The summed E-state index contributed by atoms with van der Waals surface area (Å²) < 4.78 is 1.82. The molecule has 2 aliphatic heterocycles. The minimum absolute atomic E-state index is 0.0515. The molecule has 0 spiro atoms. The Labute approximate surface area is 179 Å². The lowest BCUT2D eigenvalue weighted by molar-refractivity contribution is -0.116.